The summed E-state index contributed by atoms with van der Waals surface area (Å²) in [4.78, 5) is 0. The van der Waals surface area contributed by atoms with Crippen LogP contribution < -0.4 is 14.8 Å². The van der Waals surface area contributed by atoms with Crippen LogP contribution in [0, 0.1) is 0 Å². The lowest BCUT2D eigenvalue weighted by Gasteiger charge is -2.17. The summed E-state index contributed by atoms with van der Waals surface area (Å²) in [6, 6.07) is 6.25. The zero-order chi connectivity index (χ0) is 14.3. The second-order valence-corrected chi connectivity index (χ2v) is 4.76. The minimum Gasteiger partial charge on any atom is -0.493 e. The molecule has 0 bridgehead atoms. The first-order chi connectivity index (χ1) is 9.10. The Morgan fingerprint density at radius 1 is 1.21 bits per heavy atom. The van der Waals surface area contributed by atoms with Gasteiger partial charge in [-0.15, -0.1) is 0 Å². The van der Waals surface area contributed by atoms with Crippen molar-refractivity contribution in [2.75, 3.05) is 20.8 Å². The van der Waals surface area contributed by atoms with Crippen LogP contribution >= 0.6 is 0 Å². The summed E-state index contributed by atoms with van der Waals surface area (Å²) in [5.74, 6) is 1.49. The third-order valence-electron chi connectivity index (χ3n) is 3.16. The van der Waals surface area contributed by atoms with Gasteiger partial charge in [0.25, 0.3) is 0 Å². The van der Waals surface area contributed by atoms with Gasteiger partial charge in [-0.3, -0.25) is 0 Å². The van der Waals surface area contributed by atoms with Crippen molar-refractivity contribution in [1.82, 2.24) is 5.32 Å². The van der Waals surface area contributed by atoms with Crippen LogP contribution in [0.15, 0.2) is 18.2 Å². The Balaban J connectivity index is 2.56. The molecule has 0 saturated carbocycles. The maximum absolute atomic E-state index is 9.52. The predicted molar refractivity (Wildman–Crippen MR) is 77.0 cm³/mol. The average molecular weight is 267 g/mol. The molecule has 2 atom stereocenters. The lowest BCUT2D eigenvalue weighted by molar-refractivity contribution is 0.163. The number of hydrogen-bond donors (Lipinski definition) is 2. The minimum atomic E-state index is -0.271. The third-order valence-corrected chi connectivity index (χ3v) is 3.16. The van der Waals surface area contributed by atoms with Crippen molar-refractivity contribution in [3.63, 3.8) is 0 Å². The van der Waals surface area contributed by atoms with Gasteiger partial charge in [0.05, 0.1) is 20.3 Å². The van der Waals surface area contributed by atoms with Crippen LogP contribution in [0.2, 0.25) is 0 Å². The Kier molecular flexibility index (Phi) is 6.67. The molecular formula is C15H25NO3. The van der Waals surface area contributed by atoms with Gasteiger partial charge >= 0.3 is 0 Å². The summed E-state index contributed by atoms with van der Waals surface area (Å²) in [6.07, 6.45) is 1.39. The molecule has 2 N–H and O–H groups in total. The van der Waals surface area contributed by atoms with Crippen molar-refractivity contribution in [2.45, 2.75) is 38.8 Å². The van der Waals surface area contributed by atoms with Gasteiger partial charge in [-0.2, -0.15) is 0 Å². The van der Waals surface area contributed by atoms with Crippen molar-refractivity contribution in [2.24, 2.45) is 0 Å². The fourth-order valence-electron chi connectivity index (χ4n) is 1.91. The van der Waals surface area contributed by atoms with E-state index in [-0.39, 0.29) is 6.10 Å². The number of aliphatic hydroxyl groups excluding tert-OH is 1. The Morgan fingerprint density at radius 3 is 2.47 bits per heavy atom. The molecule has 0 aromatic heterocycles. The maximum Gasteiger partial charge on any atom is 0.160 e. The van der Waals surface area contributed by atoms with E-state index in [4.69, 9.17) is 9.47 Å². The molecule has 0 aliphatic carbocycles. The van der Waals surface area contributed by atoms with Crippen molar-refractivity contribution in [3.8, 4) is 11.5 Å². The highest BCUT2D eigenvalue weighted by atomic mass is 16.5. The summed E-state index contributed by atoms with van der Waals surface area (Å²) in [5.41, 5.74) is 1.18. The fraction of sp³-hybridized carbons (Fsp3) is 0.600. The van der Waals surface area contributed by atoms with Crippen molar-refractivity contribution >= 4 is 0 Å². The van der Waals surface area contributed by atoms with Gasteiger partial charge in [0, 0.05) is 12.6 Å². The maximum atomic E-state index is 9.52. The van der Waals surface area contributed by atoms with Crippen LogP contribution in [-0.2, 0) is 6.42 Å². The molecule has 0 radical (unpaired) electrons. The van der Waals surface area contributed by atoms with Crippen LogP contribution in [0.3, 0.4) is 0 Å². The molecule has 1 rings (SSSR count). The second kappa shape index (κ2) is 8.02. The summed E-state index contributed by atoms with van der Waals surface area (Å²) >= 11 is 0. The predicted octanol–water partition coefficient (Wildman–Crippen LogP) is 2.00. The molecule has 0 saturated heterocycles. The molecule has 0 aliphatic rings. The van der Waals surface area contributed by atoms with Crippen LogP contribution in [0.5, 0.6) is 11.5 Å². The average Bonchev–Trinajstić information content (AvgIpc) is 2.44. The van der Waals surface area contributed by atoms with Gasteiger partial charge in [-0.25, -0.2) is 0 Å². The quantitative estimate of drug-likeness (QED) is 0.756. The summed E-state index contributed by atoms with van der Waals surface area (Å²) in [5, 5.41) is 12.9. The van der Waals surface area contributed by atoms with Crippen molar-refractivity contribution in [3.05, 3.63) is 23.8 Å². The molecule has 1 aromatic rings. The highest BCUT2D eigenvalue weighted by Gasteiger charge is 2.09. The van der Waals surface area contributed by atoms with E-state index in [1.807, 2.05) is 25.1 Å². The molecule has 19 heavy (non-hydrogen) atoms. The van der Waals surface area contributed by atoms with Crippen LogP contribution in [-0.4, -0.2) is 38.0 Å². The zero-order valence-corrected chi connectivity index (χ0v) is 12.3. The van der Waals surface area contributed by atoms with E-state index in [1.54, 1.807) is 14.2 Å². The molecule has 0 amide bonds. The Bertz CT molecular complexity index is 382. The highest BCUT2D eigenvalue weighted by molar-refractivity contribution is 5.43. The van der Waals surface area contributed by atoms with E-state index < -0.39 is 0 Å². The van der Waals surface area contributed by atoms with Crippen LogP contribution in [0.4, 0.5) is 0 Å². The number of aliphatic hydroxyl groups is 1. The largest absolute Gasteiger partial charge is 0.493 e. The lowest BCUT2D eigenvalue weighted by Crippen LogP contribution is -2.34. The topological polar surface area (TPSA) is 50.7 Å². The lowest BCUT2D eigenvalue weighted by atomic mass is 10.1. The number of benzene rings is 1. The minimum absolute atomic E-state index is 0.271. The van der Waals surface area contributed by atoms with Crippen molar-refractivity contribution in [1.29, 1.82) is 0 Å². The molecular weight excluding hydrogens is 242 g/mol. The summed E-state index contributed by atoms with van der Waals surface area (Å²) in [7, 11) is 3.27. The fourth-order valence-corrected chi connectivity index (χ4v) is 1.91. The number of hydrogen-bond acceptors (Lipinski definition) is 4. The number of ether oxygens (including phenoxy) is 2. The first kappa shape index (κ1) is 15.8. The molecule has 0 fully saturated rings. The van der Waals surface area contributed by atoms with Gasteiger partial charge in [-0.1, -0.05) is 13.0 Å². The van der Waals surface area contributed by atoms with E-state index >= 15 is 0 Å². The van der Waals surface area contributed by atoms with Gasteiger partial charge in [0.2, 0.25) is 0 Å². The Hall–Kier alpha value is -1.26. The second-order valence-electron chi connectivity index (χ2n) is 4.76. The van der Waals surface area contributed by atoms with E-state index in [0.717, 1.165) is 24.3 Å². The van der Waals surface area contributed by atoms with E-state index in [2.05, 4.69) is 12.2 Å². The van der Waals surface area contributed by atoms with Gasteiger partial charge in [-0.05, 0) is 37.5 Å². The molecule has 1 aromatic carbocycles. The van der Waals surface area contributed by atoms with Gasteiger partial charge in [0.15, 0.2) is 11.5 Å². The Morgan fingerprint density at radius 2 is 1.89 bits per heavy atom. The monoisotopic (exact) mass is 267 g/mol. The first-order valence-electron chi connectivity index (χ1n) is 6.73. The van der Waals surface area contributed by atoms with Crippen molar-refractivity contribution < 1.29 is 14.6 Å². The molecule has 108 valence electrons. The highest BCUT2D eigenvalue weighted by Crippen LogP contribution is 2.27. The van der Waals surface area contributed by atoms with Gasteiger partial charge < -0.3 is 19.9 Å². The smallest absolute Gasteiger partial charge is 0.160 e. The summed E-state index contributed by atoms with van der Waals surface area (Å²) < 4.78 is 10.5. The SMILES string of the molecule is CCC(O)CNC(C)Cc1ccc(OC)c(OC)c1. The van der Waals surface area contributed by atoms with Crippen LogP contribution in [0.25, 0.3) is 0 Å². The standard InChI is InChI=1S/C15H25NO3/c1-5-13(17)10-16-11(2)8-12-6-7-14(18-3)15(9-12)19-4/h6-7,9,11,13,16-17H,5,8,10H2,1-4H3. The summed E-state index contributed by atoms with van der Waals surface area (Å²) in [6.45, 7) is 4.72. The van der Waals surface area contributed by atoms with E-state index in [9.17, 15) is 5.11 Å². The van der Waals surface area contributed by atoms with Gasteiger partial charge in [0.1, 0.15) is 0 Å². The molecule has 0 spiro atoms. The molecule has 4 nitrogen and oxygen atoms in total. The molecule has 4 heteroatoms. The molecule has 2 unspecified atom stereocenters. The molecule has 0 aliphatic heterocycles. The third kappa shape index (κ3) is 5.09. The zero-order valence-electron chi connectivity index (χ0n) is 12.3. The van der Waals surface area contributed by atoms with E-state index in [0.29, 0.717) is 12.6 Å². The normalized spacial score (nSPS) is 13.9. The Labute approximate surface area is 115 Å². The number of nitrogens with one attached hydrogen (secondary N) is 1. The molecule has 0 heterocycles. The number of rotatable bonds is 8. The number of methoxy groups -OCH3 is 2. The first-order valence-corrected chi connectivity index (χ1v) is 6.73. The van der Waals surface area contributed by atoms with Crippen LogP contribution in [0.1, 0.15) is 25.8 Å². The van der Waals surface area contributed by atoms with E-state index in [1.165, 1.54) is 5.56 Å².